The number of hydrogen-bond donors (Lipinski definition) is 1. The molecule has 0 bridgehead atoms. The van der Waals surface area contributed by atoms with E-state index in [1.54, 1.807) is 24.4 Å². The number of nitrogens with one attached hydrogen (secondary N) is 1. The molecular weight excluding hydrogens is 324 g/mol. The second-order valence-corrected chi connectivity index (χ2v) is 6.01. The first-order chi connectivity index (χ1) is 8.13. The van der Waals surface area contributed by atoms with Crippen molar-refractivity contribution < 1.29 is 4.79 Å². The molecule has 0 saturated heterocycles. The summed E-state index contributed by atoms with van der Waals surface area (Å²) in [7, 11) is 0. The molecule has 0 spiro atoms. The Balaban J connectivity index is 1.98. The normalized spacial score (nSPS) is 10.2. The van der Waals surface area contributed by atoms with Gasteiger partial charge in [-0.1, -0.05) is 27.5 Å². The number of halogens is 2. The van der Waals surface area contributed by atoms with Crippen molar-refractivity contribution in [1.82, 2.24) is 4.98 Å². The molecule has 0 aromatic carbocycles. The molecule has 6 heteroatoms. The topological polar surface area (TPSA) is 42.0 Å². The number of aromatic nitrogens is 1. The van der Waals surface area contributed by atoms with Crippen LogP contribution in [0.4, 0.5) is 5.82 Å². The van der Waals surface area contributed by atoms with E-state index < -0.39 is 0 Å². The highest BCUT2D eigenvalue weighted by atomic mass is 79.9. The van der Waals surface area contributed by atoms with Crippen molar-refractivity contribution in [3.05, 3.63) is 44.1 Å². The quantitative estimate of drug-likeness (QED) is 0.931. The number of pyridine rings is 1. The monoisotopic (exact) mass is 330 g/mol. The van der Waals surface area contributed by atoms with Crippen LogP contribution in [0.5, 0.6) is 0 Å². The first-order valence-electron chi connectivity index (χ1n) is 4.79. The van der Waals surface area contributed by atoms with E-state index in [1.165, 1.54) is 11.3 Å². The molecule has 0 atom stereocenters. The van der Waals surface area contributed by atoms with Crippen molar-refractivity contribution in [2.75, 3.05) is 5.32 Å². The Labute approximate surface area is 116 Å². The van der Waals surface area contributed by atoms with Gasteiger partial charge in [-0.3, -0.25) is 4.79 Å². The zero-order valence-corrected chi connectivity index (χ0v) is 11.8. The first-order valence-corrected chi connectivity index (χ1v) is 6.78. The fourth-order valence-electron chi connectivity index (χ4n) is 1.27. The number of carbonyl (C=O) groups is 1. The second kappa shape index (κ2) is 5.62. The third-order valence-corrected chi connectivity index (χ3v) is 3.68. The third-order valence-electron chi connectivity index (χ3n) is 1.95. The van der Waals surface area contributed by atoms with Crippen molar-refractivity contribution in [2.24, 2.45) is 0 Å². The summed E-state index contributed by atoms with van der Waals surface area (Å²) in [5, 5.41) is 2.72. The smallest absolute Gasteiger partial charge is 0.230 e. The van der Waals surface area contributed by atoms with Crippen molar-refractivity contribution in [3.8, 4) is 0 Å². The van der Waals surface area contributed by atoms with Gasteiger partial charge in [-0.05, 0) is 24.3 Å². The van der Waals surface area contributed by atoms with Gasteiger partial charge in [0.2, 0.25) is 5.91 Å². The molecule has 2 aromatic rings. The standard InChI is InChI=1S/C11H8BrClN2OS/c12-7-3-4-14-10(5-7)15-11(16)6-8-1-2-9(13)17-8/h1-5H,6H2,(H,14,15,16). The van der Waals surface area contributed by atoms with Gasteiger partial charge in [0.1, 0.15) is 5.82 Å². The molecular formula is C11H8BrClN2OS. The van der Waals surface area contributed by atoms with Crippen LogP contribution in [0, 0.1) is 0 Å². The predicted octanol–water partition coefficient (Wildman–Crippen LogP) is 3.74. The van der Waals surface area contributed by atoms with Crippen LogP contribution in [0.2, 0.25) is 4.34 Å². The Morgan fingerprint density at radius 1 is 1.47 bits per heavy atom. The Hall–Kier alpha value is -0.910. The van der Waals surface area contributed by atoms with E-state index in [9.17, 15) is 4.79 Å². The highest BCUT2D eigenvalue weighted by molar-refractivity contribution is 9.10. The summed E-state index contributed by atoms with van der Waals surface area (Å²) in [5.41, 5.74) is 0. The molecule has 0 radical (unpaired) electrons. The van der Waals surface area contributed by atoms with Crippen LogP contribution in [0.3, 0.4) is 0 Å². The zero-order chi connectivity index (χ0) is 12.3. The Morgan fingerprint density at radius 2 is 2.29 bits per heavy atom. The summed E-state index contributed by atoms with van der Waals surface area (Å²) >= 11 is 10.5. The molecule has 0 aliphatic rings. The van der Waals surface area contributed by atoms with Gasteiger partial charge in [-0.25, -0.2) is 4.98 Å². The fraction of sp³-hybridized carbons (Fsp3) is 0.0909. The summed E-state index contributed by atoms with van der Waals surface area (Å²) < 4.78 is 1.57. The van der Waals surface area contributed by atoms with Gasteiger partial charge in [-0.2, -0.15) is 0 Å². The van der Waals surface area contributed by atoms with Gasteiger partial charge in [-0.15, -0.1) is 11.3 Å². The van der Waals surface area contributed by atoms with Gasteiger partial charge in [0.15, 0.2) is 0 Å². The summed E-state index contributed by atoms with van der Waals surface area (Å²) in [4.78, 5) is 16.7. The fourth-order valence-corrected chi connectivity index (χ4v) is 2.69. The SMILES string of the molecule is O=C(Cc1ccc(Cl)s1)Nc1cc(Br)ccn1. The van der Waals surface area contributed by atoms with E-state index in [-0.39, 0.29) is 5.91 Å². The molecule has 2 aromatic heterocycles. The van der Waals surface area contributed by atoms with Crippen LogP contribution in [-0.4, -0.2) is 10.9 Å². The highest BCUT2D eigenvalue weighted by Crippen LogP contribution is 2.22. The lowest BCUT2D eigenvalue weighted by molar-refractivity contribution is -0.115. The van der Waals surface area contributed by atoms with Crippen LogP contribution >= 0.6 is 38.9 Å². The van der Waals surface area contributed by atoms with Gasteiger partial charge in [0.05, 0.1) is 10.8 Å². The predicted molar refractivity (Wildman–Crippen MR) is 73.6 cm³/mol. The molecule has 0 saturated carbocycles. The third kappa shape index (κ3) is 3.80. The molecule has 0 unspecified atom stereocenters. The largest absolute Gasteiger partial charge is 0.310 e. The molecule has 1 amide bonds. The van der Waals surface area contributed by atoms with Crippen molar-refractivity contribution >= 4 is 50.6 Å². The lowest BCUT2D eigenvalue weighted by Crippen LogP contribution is -2.14. The number of hydrogen-bond acceptors (Lipinski definition) is 3. The van der Waals surface area contributed by atoms with E-state index in [4.69, 9.17) is 11.6 Å². The molecule has 88 valence electrons. The summed E-state index contributed by atoms with van der Waals surface area (Å²) in [6.45, 7) is 0. The summed E-state index contributed by atoms with van der Waals surface area (Å²) in [5.74, 6) is 0.432. The Kier molecular flexibility index (Phi) is 4.15. The number of amides is 1. The van der Waals surface area contributed by atoms with E-state index in [0.717, 1.165) is 9.35 Å². The van der Waals surface area contributed by atoms with E-state index in [2.05, 4.69) is 26.2 Å². The van der Waals surface area contributed by atoms with Crippen LogP contribution in [0.15, 0.2) is 34.9 Å². The average Bonchev–Trinajstić information content (AvgIpc) is 2.63. The van der Waals surface area contributed by atoms with Gasteiger partial charge < -0.3 is 5.32 Å². The minimum absolute atomic E-state index is 0.103. The highest BCUT2D eigenvalue weighted by Gasteiger charge is 2.07. The van der Waals surface area contributed by atoms with Crippen LogP contribution in [0.25, 0.3) is 0 Å². The maximum absolute atomic E-state index is 11.7. The van der Waals surface area contributed by atoms with Crippen molar-refractivity contribution in [1.29, 1.82) is 0 Å². The molecule has 1 N–H and O–H groups in total. The first kappa shape index (κ1) is 12.5. The molecule has 2 heterocycles. The summed E-state index contributed by atoms with van der Waals surface area (Å²) in [6.07, 6.45) is 1.94. The maximum Gasteiger partial charge on any atom is 0.230 e. The van der Waals surface area contributed by atoms with E-state index >= 15 is 0 Å². The number of nitrogens with zero attached hydrogens (tertiary/aromatic N) is 1. The summed E-state index contributed by atoms with van der Waals surface area (Å²) in [6, 6.07) is 7.18. The minimum Gasteiger partial charge on any atom is -0.310 e. The molecule has 3 nitrogen and oxygen atoms in total. The Morgan fingerprint density at radius 3 is 2.94 bits per heavy atom. The van der Waals surface area contributed by atoms with E-state index in [0.29, 0.717) is 16.6 Å². The molecule has 0 aliphatic heterocycles. The van der Waals surface area contributed by atoms with Crippen molar-refractivity contribution in [3.63, 3.8) is 0 Å². The molecule has 0 fully saturated rings. The second-order valence-electron chi connectivity index (χ2n) is 3.29. The van der Waals surface area contributed by atoms with E-state index in [1.807, 2.05) is 6.07 Å². The van der Waals surface area contributed by atoms with Crippen LogP contribution in [0.1, 0.15) is 4.88 Å². The van der Waals surface area contributed by atoms with Crippen molar-refractivity contribution in [2.45, 2.75) is 6.42 Å². The maximum atomic E-state index is 11.7. The van der Waals surface area contributed by atoms with Crippen LogP contribution in [-0.2, 0) is 11.2 Å². The lowest BCUT2D eigenvalue weighted by atomic mass is 10.3. The van der Waals surface area contributed by atoms with Gasteiger partial charge in [0, 0.05) is 15.5 Å². The number of thiophene rings is 1. The number of rotatable bonds is 3. The molecule has 2 rings (SSSR count). The Bertz CT molecular complexity index is 544. The van der Waals surface area contributed by atoms with Gasteiger partial charge >= 0.3 is 0 Å². The van der Waals surface area contributed by atoms with Crippen LogP contribution < -0.4 is 5.32 Å². The average molecular weight is 332 g/mol. The number of carbonyl (C=O) groups excluding carboxylic acids is 1. The minimum atomic E-state index is -0.103. The number of anilines is 1. The molecule has 0 aliphatic carbocycles. The van der Waals surface area contributed by atoms with Gasteiger partial charge in [0.25, 0.3) is 0 Å². The zero-order valence-electron chi connectivity index (χ0n) is 8.61. The molecule has 17 heavy (non-hydrogen) atoms. The lowest BCUT2D eigenvalue weighted by Gasteiger charge is -2.03.